The smallest absolute Gasteiger partial charge is 0.240 e. The Hall–Kier alpha value is -2.60. The van der Waals surface area contributed by atoms with Crippen LogP contribution in [0.25, 0.3) is 5.69 Å². The number of carbonyl (C=O) groups excluding carboxylic acids is 1. The van der Waals surface area contributed by atoms with Crippen LogP contribution in [0.4, 0.5) is 10.1 Å². The van der Waals surface area contributed by atoms with Gasteiger partial charge >= 0.3 is 0 Å². The van der Waals surface area contributed by atoms with Crippen LogP contribution in [0.2, 0.25) is 0 Å². The number of carbonyl (C=O) groups is 1. The summed E-state index contributed by atoms with van der Waals surface area (Å²) in [6, 6.07) is 15.9. The number of thioether (sulfide) groups is 1. The van der Waals surface area contributed by atoms with Crippen LogP contribution in [0.15, 0.2) is 72.1 Å². The summed E-state index contributed by atoms with van der Waals surface area (Å²) in [6.07, 6.45) is 3.42. The Morgan fingerprint density at radius 3 is 2.69 bits per heavy atom. The third-order valence-electron chi connectivity index (χ3n) is 3.97. The van der Waals surface area contributed by atoms with Gasteiger partial charge in [0.1, 0.15) is 5.82 Å². The van der Waals surface area contributed by atoms with Crippen molar-refractivity contribution in [1.82, 2.24) is 9.55 Å². The second-order valence-corrected chi connectivity index (χ2v) is 7.05. The van der Waals surface area contributed by atoms with Gasteiger partial charge in [0.05, 0.1) is 10.9 Å². The van der Waals surface area contributed by atoms with Gasteiger partial charge in [-0.2, -0.15) is 0 Å². The summed E-state index contributed by atoms with van der Waals surface area (Å²) in [5, 5.41) is 0.324. The Bertz CT molecular complexity index is 882. The molecule has 134 valence electrons. The Labute approximate surface area is 156 Å². The number of hydrogen-bond donors (Lipinski definition) is 0. The number of nitrogens with zero attached hydrogens (tertiary/aromatic N) is 3. The minimum Gasteiger partial charge on any atom is -0.312 e. The molecular weight excluding hydrogens is 349 g/mol. The normalized spacial score (nSPS) is 12.0. The molecule has 0 aliphatic carbocycles. The van der Waals surface area contributed by atoms with Gasteiger partial charge in [0.2, 0.25) is 5.91 Å². The molecule has 0 saturated heterocycles. The van der Waals surface area contributed by atoms with Crippen LogP contribution >= 0.6 is 11.8 Å². The second kappa shape index (κ2) is 8.19. The maximum atomic E-state index is 13.5. The highest BCUT2D eigenvalue weighted by Gasteiger charge is 2.23. The van der Waals surface area contributed by atoms with E-state index in [2.05, 4.69) is 4.98 Å². The maximum absolute atomic E-state index is 13.5. The van der Waals surface area contributed by atoms with Crippen LogP contribution in [0.5, 0.6) is 0 Å². The van der Waals surface area contributed by atoms with Gasteiger partial charge in [-0.05, 0) is 44.2 Å². The van der Waals surface area contributed by atoms with Crippen molar-refractivity contribution in [2.24, 2.45) is 0 Å². The number of benzene rings is 2. The van der Waals surface area contributed by atoms with Crippen LogP contribution in [0.1, 0.15) is 13.8 Å². The van der Waals surface area contributed by atoms with E-state index < -0.39 is 0 Å². The first-order chi connectivity index (χ1) is 12.6. The first kappa shape index (κ1) is 18.2. The van der Waals surface area contributed by atoms with E-state index in [9.17, 15) is 9.18 Å². The Morgan fingerprint density at radius 1 is 1.23 bits per heavy atom. The molecular formula is C20H20FN3OS. The molecule has 1 heterocycles. The summed E-state index contributed by atoms with van der Waals surface area (Å²) in [4.78, 5) is 19.0. The SMILES string of the molecule is CCN(C(=O)C(C)Sc1nccn1-c1cccc(F)c1)c1ccccc1. The molecule has 0 saturated carbocycles. The molecule has 1 atom stereocenters. The summed E-state index contributed by atoms with van der Waals surface area (Å²) in [5.74, 6) is -0.296. The summed E-state index contributed by atoms with van der Waals surface area (Å²) in [5.41, 5.74) is 1.56. The molecule has 1 unspecified atom stereocenters. The first-order valence-corrected chi connectivity index (χ1v) is 9.30. The lowest BCUT2D eigenvalue weighted by Crippen LogP contribution is -2.36. The van der Waals surface area contributed by atoms with Crippen molar-refractivity contribution in [2.45, 2.75) is 24.3 Å². The molecule has 26 heavy (non-hydrogen) atoms. The molecule has 0 aliphatic rings. The second-order valence-electron chi connectivity index (χ2n) is 5.74. The van der Waals surface area contributed by atoms with Crippen LogP contribution in [0.3, 0.4) is 0 Å². The van der Waals surface area contributed by atoms with Gasteiger partial charge in [-0.25, -0.2) is 9.37 Å². The number of amides is 1. The monoisotopic (exact) mass is 369 g/mol. The average Bonchev–Trinajstić information content (AvgIpc) is 3.11. The Morgan fingerprint density at radius 2 is 2.00 bits per heavy atom. The molecule has 0 radical (unpaired) electrons. The predicted molar refractivity (Wildman–Crippen MR) is 103 cm³/mol. The third-order valence-corrected chi connectivity index (χ3v) is 5.04. The molecule has 3 aromatic rings. The molecule has 0 bridgehead atoms. The van der Waals surface area contributed by atoms with Gasteiger partial charge in [0.15, 0.2) is 5.16 Å². The molecule has 1 aromatic heterocycles. The molecule has 0 spiro atoms. The predicted octanol–water partition coefficient (Wildman–Crippen LogP) is 4.55. The highest BCUT2D eigenvalue weighted by Crippen LogP contribution is 2.27. The summed E-state index contributed by atoms with van der Waals surface area (Å²) < 4.78 is 15.3. The zero-order chi connectivity index (χ0) is 18.5. The number of halogens is 1. The fourth-order valence-corrected chi connectivity index (χ4v) is 3.65. The average molecular weight is 369 g/mol. The molecule has 0 N–H and O–H groups in total. The minimum atomic E-state index is -0.329. The number of hydrogen-bond acceptors (Lipinski definition) is 3. The summed E-state index contributed by atoms with van der Waals surface area (Å²) in [6.45, 7) is 4.41. The van der Waals surface area contributed by atoms with Crippen LogP contribution in [-0.2, 0) is 4.79 Å². The van der Waals surface area contributed by atoms with Gasteiger partial charge in [-0.1, -0.05) is 36.0 Å². The van der Waals surface area contributed by atoms with E-state index in [1.807, 2.05) is 50.2 Å². The maximum Gasteiger partial charge on any atom is 0.240 e. The lowest BCUT2D eigenvalue weighted by molar-refractivity contribution is -0.117. The molecule has 0 fully saturated rings. The minimum absolute atomic E-state index is 0.0116. The standard InChI is InChI=1S/C20H20FN3OS/c1-3-23(17-9-5-4-6-10-17)19(25)15(2)26-20-22-12-13-24(20)18-11-7-8-16(21)14-18/h4-15H,3H2,1-2H3. The van der Waals surface area contributed by atoms with Gasteiger partial charge in [-0.15, -0.1) is 0 Å². The molecule has 3 rings (SSSR count). The quantitative estimate of drug-likeness (QED) is 0.599. The Balaban J connectivity index is 1.79. The molecule has 2 aromatic carbocycles. The van der Waals surface area contributed by atoms with E-state index in [0.29, 0.717) is 17.4 Å². The number of imidazole rings is 1. The number of para-hydroxylation sites is 1. The van der Waals surface area contributed by atoms with Gasteiger partial charge < -0.3 is 4.90 Å². The molecule has 1 amide bonds. The van der Waals surface area contributed by atoms with Crippen LogP contribution < -0.4 is 4.90 Å². The highest BCUT2D eigenvalue weighted by molar-refractivity contribution is 8.00. The first-order valence-electron chi connectivity index (χ1n) is 8.42. The van der Waals surface area contributed by atoms with E-state index in [1.54, 1.807) is 27.9 Å². The zero-order valence-electron chi connectivity index (χ0n) is 14.7. The molecule has 4 nitrogen and oxygen atoms in total. The molecule has 6 heteroatoms. The zero-order valence-corrected chi connectivity index (χ0v) is 15.5. The molecule has 0 aliphatic heterocycles. The van der Waals surface area contributed by atoms with Crippen molar-refractivity contribution in [3.8, 4) is 5.69 Å². The number of rotatable bonds is 6. The lowest BCUT2D eigenvalue weighted by Gasteiger charge is -2.24. The highest BCUT2D eigenvalue weighted by atomic mass is 32.2. The van der Waals surface area contributed by atoms with Crippen molar-refractivity contribution < 1.29 is 9.18 Å². The Kier molecular flexibility index (Phi) is 5.73. The lowest BCUT2D eigenvalue weighted by atomic mass is 10.2. The van der Waals surface area contributed by atoms with Crippen LogP contribution in [0, 0.1) is 5.82 Å². The van der Waals surface area contributed by atoms with E-state index in [0.717, 1.165) is 5.69 Å². The fraction of sp³-hybridized carbons (Fsp3) is 0.200. The van der Waals surface area contributed by atoms with E-state index >= 15 is 0 Å². The number of anilines is 1. The van der Waals surface area contributed by atoms with Gasteiger partial charge in [-0.3, -0.25) is 9.36 Å². The van der Waals surface area contributed by atoms with E-state index in [-0.39, 0.29) is 17.0 Å². The van der Waals surface area contributed by atoms with Crippen molar-refractivity contribution in [2.75, 3.05) is 11.4 Å². The summed E-state index contributed by atoms with van der Waals surface area (Å²) in [7, 11) is 0. The summed E-state index contributed by atoms with van der Waals surface area (Å²) >= 11 is 1.36. The van der Waals surface area contributed by atoms with Crippen molar-refractivity contribution in [3.63, 3.8) is 0 Å². The van der Waals surface area contributed by atoms with E-state index in [1.165, 1.54) is 23.9 Å². The van der Waals surface area contributed by atoms with Crippen molar-refractivity contribution in [1.29, 1.82) is 0 Å². The van der Waals surface area contributed by atoms with Crippen molar-refractivity contribution in [3.05, 3.63) is 72.8 Å². The van der Waals surface area contributed by atoms with E-state index in [4.69, 9.17) is 0 Å². The fourth-order valence-electron chi connectivity index (χ4n) is 2.70. The number of aromatic nitrogens is 2. The topological polar surface area (TPSA) is 38.1 Å². The van der Waals surface area contributed by atoms with Crippen LogP contribution in [-0.4, -0.2) is 27.3 Å². The van der Waals surface area contributed by atoms with Gasteiger partial charge in [0, 0.05) is 24.6 Å². The third kappa shape index (κ3) is 3.96. The van der Waals surface area contributed by atoms with Crippen molar-refractivity contribution >= 4 is 23.4 Å². The largest absolute Gasteiger partial charge is 0.312 e. The van der Waals surface area contributed by atoms with Gasteiger partial charge in [0.25, 0.3) is 0 Å².